The third-order valence-corrected chi connectivity index (χ3v) is 3.18. The molecule has 0 atom stereocenters. The predicted molar refractivity (Wildman–Crippen MR) is 84.9 cm³/mol. The van der Waals surface area contributed by atoms with Gasteiger partial charge >= 0.3 is 12.0 Å². The van der Waals surface area contributed by atoms with E-state index < -0.39 is 12.0 Å². The largest absolute Gasteiger partial charge is 0.465 e. The zero-order chi connectivity index (χ0) is 16.7. The Hall–Kier alpha value is -2.89. The standard InChI is InChI=1S/C17H17FN2O3/c1-23-16(21)13-6-4-7-14(11-13)20-17(22)19-10-9-12-5-2-3-8-15(12)18/h2-8,11H,9-10H2,1H3,(H2,19,20,22). The van der Waals surface area contributed by atoms with E-state index in [9.17, 15) is 14.0 Å². The van der Waals surface area contributed by atoms with E-state index in [0.29, 0.717) is 29.8 Å². The monoisotopic (exact) mass is 316 g/mol. The van der Waals surface area contributed by atoms with Crippen LogP contribution >= 0.6 is 0 Å². The molecule has 0 aliphatic heterocycles. The number of anilines is 1. The van der Waals surface area contributed by atoms with Crippen LogP contribution in [0.25, 0.3) is 0 Å². The molecule has 2 rings (SSSR count). The molecule has 0 aliphatic carbocycles. The molecule has 5 nitrogen and oxygen atoms in total. The summed E-state index contributed by atoms with van der Waals surface area (Å²) >= 11 is 0. The van der Waals surface area contributed by atoms with Gasteiger partial charge in [0.25, 0.3) is 0 Å². The number of halogens is 1. The molecule has 0 bridgehead atoms. The smallest absolute Gasteiger partial charge is 0.337 e. The SMILES string of the molecule is COC(=O)c1cccc(NC(=O)NCCc2ccccc2F)c1. The van der Waals surface area contributed by atoms with E-state index in [1.165, 1.54) is 19.2 Å². The van der Waals surface area contributed by atoms with Crippen LogP contribution in [-0.4, -0.2) is 25.7 Å². The third kappa shape index (κ3) is 4.81. The van der Waals surface area contributed by atoms with Crippen LogP contribution in [0.4, 0.5) is 14.9 Å². The van der Waals surface area contributed by atoms with Gasteiger partial charge in [0.15, 0.2) is 0 Å². The Kier molecular flexibility index (Phi) is 5.68. The number of hydrogen-bond acceptors (Lipinski definition) is 3. The highest BCUT2D eigenvalue weighted by Gasteiger charge is 2.08. The van der Waals surface area contributed by atoms with Crippen molar-refractivity contribution >= 4 is 17.7 Å². The van der Waals surface area contributed by atoms with E-state index in [0.717, 1.165) is 0 Å². The van der Waals surface area contributed by atoms with Gasteiger partial charge in [-0.05, 0) is 36.2 Å². The summed E-state index contributed by atoms with van der Waals surface area (Å²) in [7, 11) is 1.29. The van der Waals surface area contributed by atoms with Crippen molar-refractivity contribution in [1.82, 2.24) is 5.32 Å². The zero-order valence-corrected chi connectivity index (χ0v) is 12.6. The molecule has 0 saturated heterocycles. The number of carbonyl (C=O) groups excluding carboxylic acids is 2. The van der Waals surface area contributed by atoms with Crippen LogP contribution in [0, 0.1) is 5.82 Å². The number of nitrogens with one attached hydrogen (secondary N) is 2. The highest BCUT2D eigenvalue weighted by Crippen LogP contribution is 2.11. The quantitative estimate of drug-likeness (QED) is 0.833. The number of esters is 1. The molecule has 0 aliphatic rings. The molecule has 120 valence electrons. The fourth-order valence-corrected chi connectivity index (χ4v) is 2.03. The summed E-state index contributed by atoms with van der Waals surface area (Å²) in [5.41, 5.74) is 1.36. The van der Waals surface area contributed by atoms with E-state index in [1.54, 1.807) is 36.4 Å². The van der Waals surface area contributed by atoms with Crippen molar-refractivity contribution in [1.29, 1.82) is 0 Å². The van der Waals surface area contributed by atoms with E-state index in [4.69, 9.17) is 0 Å². The van der Waals surface area contributed by atoms with E-state index in [2.05, 4.69) is 15.4 Å². The lowest BCUT2D eigenvalue weighted by molar-refractivity contribution is 0.0600. The molecule has 2 amide bonds. The van der Waals surface area contributed by atoms with Crippen LogP contribution in [0.1, 0.15) is 15.9 Å². The van der Waals surface area contributed by atoms with Gasteiger partial charge in [0, 0.05) is 12.2 Å². The number of methoxy groups -OCH3 is 1. The Balaban J connectivity index is 1.85. The minimum atomic E-state index is -0.478. The van der Waals surface area contributed by atoms with Crippen LogP contribution in [0.15, 0.2) is 48.5 Å². The summed E-state index contributed by atoms with van der Waals surface area (Å²) in [5.74, 6) is -0.769. The van der Waals surface area contributed by atoms with Crippen molar-refractivity contribution in [2.45, 2.75) is 6.42 Å². The molecular formula is C17H17FN2O3. The fourth-order valence-electron chi connectivity index (χ4n) is 2.03. The number of amides is 2. The summed E-state index contributed by atoms with van der Waals surface area (Å²) < 4.78 is 18.1. The third-order valence-electron chi connectivity index (χ3n) is 3.18. The molecule has 2 aromatic carbocycles. The topological polar surface area (TPSA) is 67.4 Å². The molecule has 6 heteroatoms. The van der Waals surface area contributed by atoms with Gasteiger partial charge < -0.3 is 15.4 Å². The second kappa shape index (κ2) is 7.93. The van der Waals surface area contributed by atoms with Gasteiger partial charge in [-0.15, -0.1) is 0 Å². The maximum atomic E-state index is 13.4. The average molecular weight is 316 g/mol. The lowest BCUT2D eigenvalue weighted by Crippen LogP contribution is -2.30. The summed E-state index contributed by atoms with van der Waals surface area (Å²) in [6, 6.07) is 12.4. The van der Waals surface area contributed by atoms with E-state index in [1.807, 2.05) is 0 Å². The van der Waals surface area contributed by atoms with Gasteiger partial charge in [0.2, 0.25) is 0 Å². The zero-order valence-electron chi connectivity index (χ0n) is 12.6. The summed E-state index contributed by atoms with van der Waals surface area (Å²) in [5, 5.41) is 5.25. The van der Waals surface area contributed by atoms with Crippen molar-refractivity contribution in [3.8, 4) is 0 Å². The van der Waals surface area contributed by atoms with E-state index in [-0.39, 0.29) is 5.82 Å². The van der Waals surface area contributed by atoms with Crippen LogP contribution in [0.5, 0.6) is 0 Å². The molecule has 0 fully saturated rings. The Morgan fingerprint density at radius 3 is 2.65 bits per heavy atom. The van der Waals surface area contributed by atoms with Gasteiger partial charge in [-0.2, -0.15) is 0 Å². The predicted octanol–water partition coefficient (Wildman–Crippen LogP) is 2.98. The van der Waals surface area contributed by atoms with Crippen molar-refractivity contribution in [2.75, 3.05) is 19.0 Å². The first kappa shape index (κ1) is 16.5. The average Bonchev–Trinajstić information content (AvgIpc) is 2.56. The van der Waals surface area contributed by atoms with E-state index >= 15 is 0 Å². The Morgan fingerprint density at radius 2 is 1.91 bits per heavy atom. The normalized spacial score (nSPS) is 10.0. The number of carbonyl (C=O) groups is 2. The van der Waals surface area contributed by atoms with Crippen molar-refractivity contribution in [3.05, 3.63) is 65.5 Å². The fraction of sp³-hybridized carbons (Fsp3) is 0.176. The molecule has 2 aromatic rings. The molecule has 0 spiro atoms. The van der Waals surface area contributed by atoms with Crippen LogP contribution in [-0.2, 0) is 11.2 Å². The van der Waals surface area contributed by atoms with Gasteiger partial charge in [0.05, 0.1) is 12.7 Å². The number of urea groups is 1. The lowest BCUT2D eigenvalue weighted by Gasteiger charge is -2.09. The molecular weight excluding hydrogens is 299 g/mol. The minimum Gasteiger partial charge on any atom is -0.465 e. The van der Waals surface area contributed by atoms with Gasteiger partial charge in [-0.3, -0.25) is 0 Å². The highest BCUT2D eigenvalue weighted by atomic mass is 19.1. The van der Waals surface area contributed by atoms with Crippen molar-refractivity contribution in [2.24, 2.45) is 0 Å². The lowest BCUT2D eigenvalue weighted by atomic mass is 10.1. The van der Waals surface area contributed by atoms with Crippen molar-refractivity contribution in [3.63, 3.8) is 0 Å². The number of benzene rings is 2. The van der Waals surface area contributed by atoms with Gasteiger partial charge in [0.1, 0.15) is 5.82 Å². The number of ether oxygens (including phenoxy) is 1. The molecule has 0 saturated carbocycles. The maximum Gasteiger partial charge on any atom is 0.337 e. The molecule has 23 heavy (non-hydrogen) atoms. The molecule has 2 N–H and O–H groups in total. The Morgan fingerprint density at radius 1 is 1.13 bits per heavy atom. The molecule has 0 unspecified atom stereocenters. The Labute approximate surface area is 133 Å². The highest BCUT2D eigenvalue weighted by molar-refractivity contribution is 5.93. The van der Waals surface area contributed by atoms with Crippen LogP contribution in [0.3, 0.4) is 0 Å². The van der Waals surface area contributed by atoms with Crippen LogP contribution in [0.2, 0.25) is 0 Å². The molecule has 0 heterocycles. The molecule has 0 radical (unpaired) electrons. The maximum absolute atomic E-state index is 13.4. The minimum absolute atomic E-state index is 0.291. The van der Waals surface area contributed by atoms with Crippen molar-refractivity contribution < 1.29 is 18.7 Å². The first-order valence-electron chi connectivity index (χ1n) is 7.07. The van der Waals surface area contributed by atoms with Gasteiger partial charge in [-0.25, -0.2) is 14.0 Å². The number of hydrogen-bond donors (Lipinski definition) is 2. The van der Waals surface area contributed by atoms with Crippen LogP contribution < -0.4 is 10.6 Å². The second-order valence-electron chi connectivity index (χ2n) is 4.79. The second-order valence-corrected chi connectivity index (χ2v) is 4.79. The molecule has 0 aromatic heterocycles. The Bertz CT molecular complexity index is 704. The van der Waals surface area contributed by atoms with Gasteiger partial charge in [-0.1, -0.05) is 24.3 Å². The first-order valence-corrected chi connectivity index (χ1v) is 7.07. The number of rotatable bonds is 5. The summed E-state index contributed by atoms with van der Waals surface area (Å²) in [6.45, 7) is 0.295. The summed E-state index contributed by atoms with van der Waals surface area (Å²) in [6.07, 6.45) is 0.391. The summed E-state index contributed by atoms with van der Waals surface area (Å²) in [4.78, 5) is 23.2. The first-order chi connectivity index (χ1) is 11.1.